The van der Waals surface area contributed by atoms with E-state index in [1.807, 2.05) is 66.7 Å². The number of ketones is 1. The molecule has 2 aromatic rings. The van der Waals surface area contributed by atoms with Crippen molar-refractivity contribution in [1.82, 2.24) is 0 Å². The highest BCUT2D eigenvalue weighted by Crippen LogP contribution is 2.36. The molecule has 0 aromatic heterocycles. The molecule has 128 valence electrons. The van der Waals surface area contributed by atoms with E-state index in [0.717, 1.165) is 16.7 Å². The lowest BCUT2D eigenvalue weighted by atomic mass is 9.92. The van der Waals surface area contributed by atoms with Crippen LogP contribution in [0.2, 0.25) is 0 Å². The number of carbonyl (C=O) groups is 2. The molecule has 4 heteroatoms. The Balaban J connectivity index is 1.62. The fourth-order valence-corrected chi connectivity index (χ4v) is 3.29. The summed E-state index contributed by atoms with van der Waals surface area (Å²) in [6.07, 6.45) is 5.71. The maximum absolute atomic E-state index is 12.8. The first kappa shape index (κ1) is 16.1. The molecule has 4 rings (SSSR count). The SMILES string of the molecule is O=C(CC1C=Cc2ccccc21)C1=C(O)C(=O)OC1=Cc1ccccc1. The van der Waals surface area contributed by atoms with Crippen LogP contribution in [0.5, 0.6) is 0 Å². The molecule has 2 aromatic carbocycles. The molecular weight excluding hydrogens is 328 g/mol. The van der Waals surface area contributed by atoms with Crippen molar-refractivity contribution in [2.24, 2.45) is 0 Å². The Morgan fingerprint density at radius 2 is 1.81 bits per heavy atom. The zero-order valence-corrected chi connectivity index (χ0v) is 13.9. The van der Waals surface area contributed by atoms with Crippen LogP contribution in [0.4, 0.5) is 0 Å². The zero-order chi connectivity index (χ0) is 18.1. The molecule has 2 aliphatic rings. The number of carbonyl (C=O) groups excluding carboxylic acids is 2. The number of fused-ring (bicyclic) bond motifs is 1. The number of allylic oxidation sites excluding steroid dienone is 2. The molecule has 0 spiro atoms. The fourth-order valence-electron chi connectivity index (χ4n) is 3.29. The molecule has 1 atom stereocenters. The van der Waals surface area contributed by atoms with Crippen molar-refractivity contribution in [1.29, 1.82) is 0 Å². The van der Waals surface area contributed by atoms with Gasteiger partial charge in [0, 0.05) is 12.3 Å². The summed E-state index contributed by atoms with van der Waals surface area (Å²) < 4.78 is 5.10. The predicted molar refractivity (Wildman–Crippen MR) is 98.0 cm³/mol. The summed E-state index contributed by atoms with van der Waals surface area (Å²) in [5, 5.41) is 10.1. The number of aliphatic hydroxyl groups is 1. The monoisotopic (exact) mass is 344 g/mol. The van der Waals surface area contributed by atoms with Crippen LogP contribution in [0, 0.1) is 0 Å². The van der Waals surface area contributed by atoms with Crippen molar-refractivity contribution in [3.8, 4) is 0 Å². The first-order valence-corrected chi connectivity index (χ1v) is 8.36. The predicted octanol–water partition coefficient (Wildman–Crippen LogP) is 4.17. The van der Waals surface area contributed by atoms with Crippen LogP contribution >= 0.6 is 0 Å². The van der Waals surface area contributed by atoms with Gasteiger partial charge in [0.2, 0.25) is 5.76 Å². The van der Waals surface area contributed by atoms with E-state index in [9.17, 15) is 14.7 Å². The number of hydrogen-bond donors (Lipinski definition) is 1. The average molecular weight is 344 g/mol. The largest absolute Gasteiger partial charge is 0.501 e. The summed E-state index contributed by atoms with van der Waals surface area (Å²) in [5.41, 5.74) is 2.89. The number of esters is 1. The summed E-state index contributed by atoms with van der Waals surface area (Å²) in [6, 6.07) is 17.1. The number of aliphatic hydroxyl groups excluding tert-OH is 1. The van der Waals surface area contributed by atoms with Gasteiger partial charge in [-0.2, -0.15) is 0 Å². The van der Waals surface area contributed by atoms with Crippen LogP contribution in [-0.4, -0.2) is 16.9 Å². The highest BCUT2D eigenvalue weighted by atomic mass is 16.6. The van der Waals surface area contributed by atoms with E-state index in [2.05, 4.69) is 0 Å². The van der Waals surface area contributed by atoms with Crippen LogP contribution in [0.15, 0.2) is 77.8 Å². The Hall–Kier alpha value is -3.40. The molecule has 0 bridgehead atoms. The molecule has 0 fully saturated rings. The number of benzene rings is 2. The Bertz CT molecular complexity index is 980. The van der Waals surface area contributed by atoms with Crippen molar-refractivity contribution in [3.05, 3.63) is 94.5 Å². The van der Waals surface area contributed by atoms with E-state index in [-0.39, 0.29) is 29.5 Å². The second-order valence-electron chi connectivity index (χ2n) is 6.25. The van der Waals surface area contributed by atoms with Crippen molar-refractivity contribution >= 4 is 23.9 Å². The summed E-state index contributed by atoms with van der Waals surface area (Å²) in [5.74, 6) is -1.81. The van der Waals surface area contributed by atoms with Crippen LogP contribution < -0.4 is 0 Å². The van der Waals surface area contributed by atoms with Gasteiger partial charge in [0.15, 0.2) is 5.78 Å². The molecule has 4 nitrogen and oxygen atoms in total. The fraction of sp³-hybridized carbons (Fsp3) is 0.0909. The number of hydrogen-bond acceptors (Lipinski definition) is 4. The number of rotatable bonds is 4. The molecule has 1 heterocycles. The minimum absolute atomic E-state index is 0.0448. The number of cyclic esters (lactones) is 1. The average Bonchev–Trinajstić information content (AvgIpc) is 3.17. The molecule has 0 saturated carbocycles. The maximum atomic E-state index is 12.8. The van der Waals surface area contributed by atoms with Gasteiger partial charge in [-0.1, -0.05) is 66.7 Å². The number of ether oxygens (including phenoxy) is 1. The van der Waals surface area contributed by atoms with Gasteiger partial charge < -0.3 is 9.84 Å². The van der Waals surface area contributed by atoms with E-state index < -0.39 is 11.7 Å². The molecule has 0 amide bonds. The lowest BCUT2D eigenvalue weighted by Gasteiger charge is -2.11. The Kier molecular flexibility index (Phi) is 4.01. The highest BCUT2D eigenvalue weighted by molar-refractivity contribution is 6.10. The van der Waals surface area contributed by atoms with Gasteiger partial charge in [-0.3, -0.25) is 4.79 Å². The van der Waals surface area contributed by atoms with Gasteiger partial charge in [-0.25, -0.2) is 4.79 Å². The first-order chi connectivity index (χ1) is 12.6. The second kappa shape index (κ2) is 6.48. The van der Waals surface area contributed by atoms with Gasteiger partial charge in [-0.15, -0.1) is 0 Å². The minimum Gasteiger partial charge on any atom is -0.501 e. The Labute approximate surface area is 150 Å². The van der Waals surface area contributed by atoms with Gasteiger partial charge >= 0.3 is 5.97 Å². The van der Waals surface area contributed by atoms with Gasteiger partial charge in [-0.05, 0) is 22.8 Å². The van der Waals surface area contributed by atoms with E-state index >= 15 is 0 Å². The standard InChI is InChI=1S/C22H16O4/c23-18(13-16-11-10-15-8-4-5-9-17(15)16)20-19(26-22(25)21(20)24)12-14-6-2-1-3-7-14/h1-12,16,24H,13H2. The molecule has 1 aliphatic heterocycles. The smallest absolute Gasteiger partial charge is 0.379 e. The summed E-state index contributed by atoms with van der Waals surface area (Å²) in [7, 11) is 0. The van der Waals surface area contributed by atoms with Crippen LogP contribution in [0.25, 0.3) is 12.2 Å². The molecule has 26 heavy (non-hydrogen) atoms. The summed E-state index contributed by atoms with van der Waals surface area (Å²) in [4.78, 5) is 24.6. The highest BCUT2D eigenvalue weighted by Gasteiger charge is 2.35. The topological polar surface area (TPSA) is 63.6 Å². The van der Waals surface area contributed by atoms with Gasteiger partial charge in [0.25, 0.3) is 0 Å². The van der Waals surface area contributed by atoms with E-state index in [0.29, 0.717) is 0 Å². The first-order valence-electron chi connectivity index (χ1n) is 8.36. The molecule has 1 aliphatic carbocycles. The van der Waals surface area contributed by atoms with Gasteiger partial charge in [0.1, 0.15) is 11.3 Å². The number of Topliss-reactive ketones (excluding diaryl/α,β-unsaturated/α-hetero) is 1. The summed E-state index contributed by atoms with van der Waals surface area (Å²) in [6.45, 7) is 0. The van der Waals surface area contributed by atoms with Crippen LogP contribution in [0.1, 0.15) is 29.0 Å². The van der Waals surface area contributed by atoms with Crippen LogP contribution in [0.3, 0.4) is 0 Å². The van der Waals surface area contributed by atoms with E-state index in [1.54, 1.807) is 6.08 Å². The lowest BCUT2D eigenvalue weighted by molar-refractivity contribution is -0.135. The quantitative estimate of drug-likeness (QED) is 0.846. The third-order valence-electron chi connectivity index (χ3n) is 4.56. The molecule has 1 unspecified atom stereocenters. The van der Waals surface area contributed by atoms with Crippen LogP contribution in [-0.2, 0) is 14.3 Å². The third-order valence-corrected chi connectivity index (χ3v) is 4.56. The molecule has 0 saturated heterocycles. The Morgan fingerprint density at radius 1 is 1.08 bits per heavy atom. The molecule has 0 radical (unpaired) electrons. The molecule has 1 N–H and O–H groups in total. The van der Waals surface area contributed by atoms with Gasteiger partial charge in [0.05, 0.1) is 0 Å². The van der Waals surface area contributed by atoms with Crippen molar-refractivity contribution in [2.45, 2.75) is 12.3 Å². The normalized spacial score (nSPS) is 19.8. The third kappa shape index (κ3) is 2.86. The van der Waals surface area contributed by atoms with Crippen molar-refractivity contribution < 1.29 is 19.4 Å². The van der Waals surface area contributed by atoms with Crippen molar-refractivity contribution in [2.75, 3.05) is 0 Å². The lowest BCUT2D eigenvalue weighted by Crippen LogP contribution is -2.09. The minimum atomic E-state index is -0.891. The second-order valence-corrected chi connectivity index (χ2v) is 6.25. The van der Waals surface area contributed by atoms with E-state index in [1.165, 1.54) is 0 Å². The van der Waals surface area contributed by atoms with Crippen molar-refractivity contribution in [3.63, 3.8) is 0 Å². The van der Waals surface area contributed by atoms with E-state index in [4.69, 9.17) is 4.74 Å². The maximum Gasteiger partial charge on any atom is 0.379 e. The summed E-state index contributed by atoms with van der Waals surface area (Å²) >= 11 is 0. The molecular formula is C22H16O4. The Morgan fingerprint density at radius 3 is 2.62 bits per heavy atom. The zero-order valence-electron chi connectivity index (χ0n) is 13.9.